The topological polar surface area (TPSA) is 26.8 Å². The first-order chi connectivity index (χ1) is 14.9. The summed E-state index contributed by atoms with van der Waals surface area (Å²) in [4.78, 5) is 19.2. The van der Waals surface area contributed by atoms with E-state index in [0.717, 1.165) is 50.1 Å². The fourth-order valence-electron chi connectivity index (χ4n) is 4.66. The number of nitrogens with zero attached hydrogens (tertiary/aromatic N) is 3. The van der Waals surface area contributed by atoms with Gasteiger partial charge >= 0.3 is 0 Å². The zero-order chi connectivity index (χ0) is 22.0. The number of benzene rings is 2. The van der Waals surface area contributed by atoms with Gasteiger partial charge in [-0.3, -0.25) is 9.69 Å². The molecule has 2 aliphatic heterocycles. The molecular weight excluding hydrogens is 420 g/mol. The highest BCUT2D eigenvalue weighted by Crippen LogP contribution is 2.27. The van der Waals surface area contributed by atoms with Crippen LogP contribution in [0.2, 0.25) is 5.02 Å². The van der Waals surface area contributed by atoms with Crippen LogP contribution in [0.15, 0.2) is 36.4 Å². The van der Waals surface area contributed by atoms with Gasteiger partial charge in [-0.15, -0.1) is 0 Å². The zero-order valence-electron chi connectivity index (χ0n) is 17.8. The lowest BCUT2D eigenvalue weighted by molar-refractivity contribution is -0.131. The van der Waals surface area contributed by atoms with Gasteiger partial charge < -0.3 is 9.80 Å². The minimum Gasteiger partial charge on any atom is -0.369 e. The molecule has 0 aromatic heterocycles. The van der Waals surface area contributed by atoms with Gasteiger partial charge in [-0.2, -0.15) is 0 Å². The van der Waals surface area contributed by atoms with Gasteiger partial charge in [0, 0.05) is 74.1 Å². The second-order valence-electron chi connectivity index (χ2n) is 8.49. The van der Waals surface area contributed by atoms with Crippen molar-refractivity contribution in [3.8, 4) is 0 Å². The Morgan fingerprint density at radius 3 is 2.52 bits per heavy atom. The molecule has 7 heteroatoms. The van der Waals surface area contributed by atoms with Crippen molar-refractivity contribution in [2.75, 3.05) is 37.6 Å². The molecule has 4 rings (SSSR count). The van der Waals surface area contributed by atoms with Crippen molar-refractivity contribution < 1.29 is 13.6 Å². The van der Waals surface area contributed by atoms with Gasteiger partial charge in [0.1, 0.15) is 11.6 Å². The normalized spacial score (nSPS) is 20.8. The van der Waals surface area contributed by atoms with Crippen LogP contribution in [0.25, 0.3) is 0 Å². The molecule has 2 fully saturated rings. The maximum absolute atomic E-state index is 14.0. The van der Waals surface area contributed by atoms with E-state index in [-0.39, 0.29) is 12.5 Å². The van der Waals surface area contributed by atoms with Crippen molar-refractivity contribution >= 4 is 23.2 Å². The zero-order valence-corrected chi connectivity index (χ0v) is 18.5. The summed E-state index contributed by atoms with van der Waals surface area (Å²) in [6.07, 6.45) is 2.14. The number of piperazine rings is 1. The third-order valence-electron chi connectivity index (χ3n) is 6.50. The van der Waals surface area contributed by atoms with Crippen LogP contribution >= 0.6 is 11.6 Å². The van der Waals surface area contributed by atoms with Gasteiger partial charge in [0.05, 0.1) is 0 Å². The van der Waals surface area contributed by atoms with Gasteiger partial charge in [0.15, 0.2) is 0 Å². The largest absolute Gasteiger partial charge is 0.369 e. The van der Waals surface area contributed by atoms with Gasteiger partial charge in [0.25, 0.3) is 0 Å². The third-order valence-corrected chi connectivity index (χ3v) is 6.73. The van der Waals surface area contributed by atoms with E-state index >= 15 is 0 Å². The first-order valence-corrected chi connectivity index (χ1v) is 11.3. The van der Waals surface area contributed by atoms with E-state index in [1.165, 1.54) is 23.4 Å². The number of hydrogen-bond acceptors (Lipinski definition) is 3. The van der Waals surface area contributed by atoms with E-state index in [2.05, 4.69) is 22.8 Å². The summed E-state index contributed by atoms with van der Waals surface area (Å²) in [5.41, 5.74) is 2.77. The SMILES string of the molecule is Cc1ccc(Cl)cc1N1CCN([C@@H]2CCC(=O)N(Cc3ccc(F)cc3F)CC2)CC1. The molecule has 1 atom stereocenters. The number of likely N-dealkylation sites (tertiary alicyclic amines) is 1. The fraction of sp³-hybridized carbons (Fsp3) is 0.458. The summed E-state index contributed by atoms with van der Waals surface area (Å²) in [6, 6.07) is 9.89. The molecule has 0 saturated carbocycles. The Morgan fingerprint density at radius 1 is 1.00 bits per heavy atom. The molecule has 2 aliphatic rings. The van der Waals surface area contributed by atoms with Gasteiger partial charge in [-0.25, -0.2) is 8.78 Å². The molecular formula is C24H28ClF2N3O. The number of amides is 1. The highest BCUT2D eigenvalue weighted by molar-refractivity contribution is 6.30. The number of carbonyl (C=O) groups is 1. The molecule has 2 aromatic rings. The van der Waals surface area contributed by atoms with Crippen molar-refractivity contribution in [2.45, 2.75) is 38.8 Å². The molecule has 1 amide bonds. The second-order valence-corrected chi connectivity index (χ2v) is 8.92. The summed E-state index contributed by atoms with van der Waals surface area (Å²) in [5, 5.41) is 0.753. The first-order valence-electron chi connectivity index (χ1n) is 10.9. The fourth-order valence-corrected chi connectivity index (χ4v) is 4.83. The number of anilines is 1. The predicted octanol–water partition coefficient (Wildman–Crippen LogP) is 4.63. The van der Waals surface area contributed by atoms with Crippen molar-refractivity contribution in [3.05, 3.63) is 64.2 Å². The Bertz CT molecular complexity index is 946. The molecule has 0 bridgehead atoms. The molecule has 0 radical (unpaired) electrons. The maximum atomic E-state index is 14.0. The van der Waals surface area contributed by atoms with Crippen LogP contribution < -0.4 is 4.90 Å². The predicted molar refractivity (Wildman–Crippen MR) is 119 cm³/mol. The van der Waals surface area contributed by atoms with Crippen molar-refractivity contribution in [2.24, 2.45) is 0 Å². The highest BCUT2D eigenvalue weighted by atomic mass is 35.5. The molecule has 2 aromatic carbocycles. The van der Waals surface area contributed by atoms with E-state index in [1.54, 1.807) is 4.90 Å². The quantitative estimate of drug-likeness (QED) is 0.683. The number of rotatable bonds is 4. The molecule has 2 heterocycles. The monoisotopic (exact) mass is 447 g/mol. The Labute approximate surface area is 187 Å². The van der Waals surface area contributed by atoms with Gasteiger partial charge in [-0.05, 0) is 43.5 Å². The van der Waals surface area contributed by atoms with Gasteiger partial charge in [-0.1, -0.05) is 23.7 Å². The maximum Gasteiger partial charge on any atom is 0.222 e. The molecule has 0 unspecified atom stereocenters. The molecule has 2 saturated heterocycles. The van der Waals surface area contributed by atoms with E-state index in [1.807, 2.05) is 12.1 Å². The minimum atomic E-state index is -0.601. The standard InChI is InChI=1S/C24H28ClF2N3O/c1-17-2-4-19(25)14-23(17)29-12-10-28(11-13-29)21-6-7-24(31)30(9-8-21)16-18-3-5-20(26)15-22(18)27/h2-5,14-15,21H,6-13,16H2,1H3/t21-/m1/s1. The van der Waals surface area contributed by atoms with Crippen LogP contribution in [0.5, 0.6) is 0 Å². The van der Waals surface area contributed by atoms with E-state index < -0.39 is 11.6 Å². The third kappa shape index (κ3) is 5.18. The van der Waals surface area contributed by atoms with Gasteiger partial charge in [0.2, 0.25) is 5.91 Å². The van der Waals surface area contributed by atoms with E-state index in [0.29, 0.717) is 24.6 Å². The molecule has 166 valence electrons. The van der Waals surface area contributed by atoms with Crippen LogP contribution in [0.4, 0.5) is 14.5 Å². The Hall–Kier alpha value is -2.18. The number of aryl methyl sites for hydroxylation is 1. The molecule has 4 nitrogen and oxygen atoms in total. The van der Waals surface area contributed by atoms with Crippen LogP contribution in [0, 0.1) is 18.6 Å². The summed E-state index contributed by atoms with van der Waals surface area (Å²) < 4.78 is 27.2. The smallest absolute Gasteiger partial charge is 0.222 e. The first kappa shape index (κ1) is 22.0. The average Bonchev–Trinajstić information content (AvgIpc) is 2.94. The average molecular weight is 448 g/mol. The summed E-state index contributed by atoms with van der Waals surface area (Å²) in [7, 11) is 0. The van der Waals surface area contributed by atoms with E-state index in [4.69, 9.17) is 11.6 Å². The second kappa shape index (κ2) is 9.53. The number of hydrogen-bond donors (Lipinski definition) is 0. The Balaban J connectivity index is 1.34. The van der Waals surface area contributed by atoms with Crippen LogP contribution in [-0.4, -0.2) is 54.5 Å². The number of halogens is 3. The van der Waals surface area contributed by atoms with Crippen molar-refractivity contribution in [1.82, 2.24) is 9.80 Å². The lowest BCUT2D eigenvalue weighted by Crippen LogP contribution is -2.50. The highest BCUT2D eigenvalue weighted by Gasteiger charge is 2.29. The minimum absolute atomic E-state index is 0.0411. The van der Waals surface area contributed by atoms with Crippen LogP contribution in [0.3, 0.4) is 0 Å². The molecule has 0 spiro atoms. The lowest BCUT2D eigenvalue weighted by atomic mass is 10.1. The molecule has 31 heavy (non-hydrogen) atoms. The number of carbonyl (C=O) groups excluding carboxylic acids is 1. The van der Waals surface area contributed by atoms with E-state index in [9.17, 15) is 13.6 Å². The summed E-state index contributed by atoms with van der Waals surface area (Å²) >= 11 is 6.19. The van der Waals surface area contributed by atoms with Crippen molar-refractivity contribution in [1.29, 1.82) is 0 Å². The Kier molecular flexibility index (Phi) is 6.77. The van der Waals surface area contributed by atoms with Crippen molar-refractivity contribution in [3.63, 3.8) is 0 Å². The summed E-state index contributed by atoms with van der Waals surface area (Å²) in [6.45, 7) is 6.63. The summed E-state index contributed by atoms with van der Waals surface area (Å²) in [5.74, 6) is -1.16. The van der Waals surface area contributed by atoms with Crippen LogP contribution in [0.1, 0.15) is 30.4 Å². The molecule has 0 N–H and O–H groups in total. The molecule has 0 aliphatic carbocycles. The lowest BCUT2D eigenvalue weighted by Gasteiger charge is -2.40. The van der Waals surface area contributed by atoms with Crippen LogP contribution in [-0.2, 0) is 11.3 Å². The Morgan fingerprint density at radius 2 is 1.77 bits per heavy atom.